The third-order valence-electron chi connectivity index (χ3n) is 2.83. The highest BCUT2D eigenvalue weighted by Gasteiger charge is 2.23. The molecule has 1 aliphatic carbocycles. The number of hydrogen-bond donors (Lipinski definition) is 1. The van der Waals surface area contributed by atoms with Gasteiger partial charge in [0, 0.05) is 6.54 Å². The number of hydrogen-bond acceptors (Lipinski definition) is 3. The second-order valence-corrected chi connectivity index (χ2v) is 5.25. The molecule has 2 rings (SSSR count). The van der Waals surface area contributed by atoms with Gasteiger partial charge in [-0.05, 0) is 59.4 Å². The highest BCUT2D eigenvalue weighted by Crippen LogP contribution is 2.38. The minimum absolute atomic E-state index is 0.739. The van der Waals surface area contributed by atoms with Crippen LogP contribution in [0.1, 0.15) is 18.4 Å². The molecule has 1 aromatic rings. The van der Waals surface area contributed by atoms with E-state index in [1.165, 1.54) is 18.4 Å². The van der Waals surface area contributed by atoms with Gasteiger partial charge < -0.3 is 14.8 Å². The number of halogens is 1. The minimum atomic E-state index is 0.739. The second-order valence-electron chi connectivity index (χ2n) is 4.39. The molecule has 0 radical (unpaired) electrons. The second kappa shape index (κ2) is 5.74. The Bertz CT molecular complexity index is 391. The molecular formula is C13H18BrNO2. The molecule has 1 aliphatic rings. The van der Waals surface area contributed by atoms with Gasteiger partial charge >= 0.3 is 0 Å². The molecule has 0 bridgehead atoms. The fraction of sp³-hybridized carbons (Fsp3) is 0.538. The maximum atomic E-state index is 5.82. The smallest absolute Gasteiger partial charge is 0.175 e. The SMILES string of the molecule is CNCc1cc(Br)c(OCC2CC2)c(OC)c1. The Labute approximate surface area is 111 Å². The highest BCUT2D eigenvalue weighted by molar-refractivity contribution is 9.10. The van der Waals surface area contributed by atoms with E-state index in [1.807, 2.05) is 13.1 Å². The predicted molar refractivity (Wildman–Crippen MR) is 71.7 cm³/mol. The number of benzene rings is 1. The third kappa shape index (κ3) is 3.36. The number of nitrogens with one attached hydrogen (secondary N) is 1. The van der Waals surface area contributed by atoms with Crippen molar-refractivity contribution in [3.63, 3.8) is 0 Å². The number of methoxy groups -OCH3 is 1. The monoisotopic (exact) mass is 299 g/mol. The van der Waals surface area contributed by atoms with E-state index in [-0.39, 0.29) is 0 Å². The topological polar surface area (TPSA) is 30.5 Å². The normalized spacial score (nSPS) is 14.8. The Morgan fingerprint density at radius 2 is 2.18 bits per heavy atom. The molecule has 0 aromatic heterocycles. The van der Waals surface area contributed by atoms with E-state index in [1.54, 1.807) is 7.11 Å². The van der Waals surface area contributed by atoms with Crippen molar-refractivity contribution in [3.8, 4) is 11.5 Å². The maximum Gasteiger partial charge on any atom is 0.175 e. The summed E-state index contributed by atoms with van der Waals surface area (Å²) in [6.07, 6.45) is 2.58. The maximum absolute atomic E-state index is 5.82. The van der Waals surface area contributed by atoms with Crippen molar-refractivity contribution in [3.05, 3.63) is 22.2 Å². The molecule has 0 aliphatic heterocycles. The average molecular weight is 300 g/mol. The van der Waals surface area contributed by atoms with Gasteiger partial charge in [0.2, 0.25) is 0 Å². The van der Waals surface area contributed by atoms with E-state index in [4.69, 9.17) is 9.47 Å². The van der Waals surface area contributed by atoms with Gasteiger partial charge in [0.15, 0.2) is 11.5 Å². The van der Waals surface area contributed by atoms with E-state index in [0.717, 1.165) is 35.0 Å². The lowest BCUT2D eigenvalue weighted by atomic mass is 10.2. The van der Waals surface area contributed by atoms with Crippen LogP contribution in [0, 0.1) is 5.92 Å². The summed E-state index contributed by atoms with van der Waals surface area (Å²) in [5, 5.41) is 3.13. The van der Waals surface area contributed by atoms with Crippen molar-refractivity contribution in [1.82, 2.24) is 5.32 Å². The Morgan fingerprint density at radius 1 is 1.41 bits per heavy atom. The Hall–Kier alpha value is -0.740. The molecule has 17 heavy (non-hydrogen) atoms. The van der Waals surface area contributed by atoms with Gasteiger partial charge in [0.05, 0.1) is 18.2 Å². The van der Waals surface area contributed by atoms with Crippen molar-refractivity contribution in [1.29, 1.82) is 0 Å². The molecular weight excluding hydrogens is 282 g/mol. The summed E-state index contributed by atoms with van der Waals surface area (Å²) in [4.78, 5) is 0. The van der Waals surface area contributed by atoms with Crippen LogP contribution < -0.4 is 14.8 Å². The number of ether oxygens (including phenoxy) is 2. The van der Waals surface area contributed by atoms with E-state index in [9.17, 15) is 0 Å². The molecule has 0 heterocycles. The Kier molecular flexibility index (Phi) is 4.29. The first kappa shape index (κ1) is 12.7. The predicted octanol–water partition coefficient (Wildman–Crippen LogP) is 2.97. The molecule has 0 amide bonds. The molecule has 1 N–H and O–H groups in total. The standard InChI is InChI=1S/C13H18BrNO2/c1-15-7-10-5-11(14)13(12(6-10)16-2)17-8-9-3-4-9/h5-6,9,15H,3-4,7-8H2,1-2H3. The summed E-state index contributed by atoms with van der Waals surface area (Å²) >= 11 is 3.55. The van der Waals surface area contributed by atoms with Crippen LogP contribution in [0.15, 0.2) is 16.6 Å². The van der Waals surface area contributed by atoms with Crippen molar-refractivity contribution in [2.24, 2.45) is 5.92 Å². The first-order chi connectivity index (χ1) is 8.24. The Morgan fingerprint density at radius 3 is 2.76 bits per heavy atom. The van der Waals surface area contributed by atoms with Crippen LogP contribution in [0.25, 0.3) is 0 Å². The molecule has 0 spiro atoms. The van der Waals surface area contributed by atoms with Crippen molar-refractivity contribution in [2.45, 2.75) is 19.4 Å². The molecule has 1 fully saturated rings. The van der Waals surface area contributed by atoms with E-state index in [0.29, 0.717) is 0 Å². The van der Waals surface area contributed by atoms with Gasteiger partial charge in [-0.2, -0.15) is 0 Å². The zero-order valence-electron chi connectivity index (χ0n) is 10.3. The summed E-state index contributed by atoms with van der Waals surface area (Å²) in [6.45, 7) is 1.61. The zero-order chi connectivity index (χ0) is 12.3. The first-order valence-electron chi connectivity index (χ1n) is 5.88. The van der Waals surface area contributed by atoms with Crippen molar-refractivity contribution >= 4 is 15.9 Å². The van der Waals surface area contributed by atoms with Crippen molar-refractivity contribution in [2.75, 3.05) is 20.8 Å². The summed E-state index contributed by atoms with van der Waals surface area (Å²) in [5.74, 6) is 2.35. The molecule has 0 atom stereocenters. The largest absolute Gasteiger partial charge is 0.493 e. The Balaban J connectivity index is 2.16. The van der Waals surface area contributed by atoms with Gasteiger partial charge in [-0.15, -0.1) is 0 Å². The summed E-state index contributed by atoms with van der Waals surface area (Å²) < 4.78 is 12.2. The molecule has 3 nitrogen and oxygen atoms in total. The minimum Gasteiger partial charge on any atom is -0.493 e. The number of rotatable bonds is 6. The molecule has 0 saturated heterocycles. The molecule has 1 aromatic carbocycles. The summed E-state index contributed by atoms with van der Waals surface area (Å²) in [7, 11) is 3.60. The quantitative estimate of drug-likeness (QED) is 0.876. The first-order valence-corrected chi connectivity index (χ1v) is 6.67. The van der Waals surface area contributed by atoms with E-state index in [2.05, 4.69) is 27.3 Å². The zero-order valence-corrected chi connectivity index (χ0v) is 11.8. The highest BCUT2D eigenvalue weighted by atomic mass is 79.9. The molecule has 0 unspecified atom stereocenters. The average Bonchev–Trinajstić information content (AvgIpc) is 3.11. The van der Waals surface area contributed by atoms with Gasteiger partial charge in [0.25, 0.3) is 0 Å². The lowest BCUT2D eigenvalue weighted by Gasteiger charge is -2.14. The molecule has 1 saturated carbocycles. The van der Waals surface area contributed by atoms with Crippen LogP contribution in [0.4, 0.5) is 0 Å². The summed E-state index contributed by atoms with van der Waals surface area (Å²) in [6, 6.07) is 4.09. The summed E-state index contributed by atoms with van der Waals surface area (Å²) in [5.41, 5.74) is 1.18. The van der Waals surface area contributed by atoms with Crippen LogP contribution in [0.5, 0.6) is 11.5 Å². The lowest BCUT2D eigenvalue weighted by molar-refractivity contribution is 0.278. The van der Waals surface area contributed by atoms with Crippen LogP contribution in [0.3, 0.4) is 0 Å². The fourth-order valence-electron chi connectivity index (χ4n) is 1.71. The van der Waals surface area contributed by atoms with Gasteiger partial charge in [0.1, 0.15) is 0 Å². The van der Waals surface area contributed by atoms with Crippen LogP contribution in [-0.4, -0.2) is 20.8 Å². The molecule has 94 valence electrons. The van der Waals surface area contributed by atoms with Crippen LogP contribution >= 0.6 is 15.9 Å². The van der Waals surface area contributed by atoms with Crippen molar-refractivity contribution < 1.29 is 9.47 Å². The van der Waals surface area contributed by atoms with E-state index < -0.39 is 0 Å². The van der Waals surface area contributed by atoms with E-state index >= 15 is 0 Å². The van der Waals surface area contributed by atoms with Crippen LogP contribution in [0.2, 0.25) is 0 Å². The van der Waals surface area contributed by atoms with Crippen LogP contribution in [-0.2, 0) is 6.54 Å². The third-order valence-corrected chi connectivity index (χ3v) is 3.42. The molecule has 4 heteroatoms. The van der Waals surface area contributed by atoms with Gasteiger partial charge in [-0.3, -0.25) is 0 Å². The lowest BCUT2D eigenvalue weighted by Crippen LogP contribution is -2.07. The van der Waals surface area contributed by atoms with Gasteiger partial charge in [-0.1, -0.05) is 0 Å². The fourth-order valence-corrected chi connectivity index (χ4v) is 2.31. The van der Waals surface area contributed by atoms with Gasteiger partial charge in [-0.25, -0.2) is 0 Å².